The number of benzene rings is 1. The van der Waals surface area contributed by atoms with Crippen molar-refractivity contribution < 1.29 is 23.5 Å². The first kappa shape index (κ1) is 26.6. The van der Waals surface area contributed by atoms with Crippen LogP contribution in [-0.4, -0.2) is 61.1 Å². The number of methoxy groups -OCH3 is 1. The molecule has 1 aliphatic rings. The number of carbonyl (C=O) groups excluding carboxylic acids is 2. The van der Waals surface area contributed by atoms with Crippen LogP contribution in [0.3, 0.4) is 0 Å². The predicted molar refractivity (Wildman–Crippen MR) is 134 cm³/mol. The van der Waals surface area contributed by atoms with Crippen LogP contribution in [-0.2, 0) is 14.3 Å². The van der Waals surface area contributed by atoms with Gasteiger partial charge >= 0.3 is 0 Å². The molecule has 1 aliphatic heterocycles. The normalized spacial score (nSPS) is 20.4. The Hall–Kier alpha value is -2.98. The number of thiophene rings is 1. The Kier molecular flexibility index (Phi) is 9.22. The van der Waals surface area contributed by atoms with Gasteiger partial charge in [-0.05, 0) is 38.0 Å². The number of halogens is 1. The van der Waals surface area contributed by atoms with Crippen molar-refractivity contribution in [2.75, 3.05) is 26.9 Å². The average molecular weight is 505 g/mol. The molecule has 2 heterocycles. The summed E-state index contributed by atoms with van der Waals surface area (Å²) in [6.07, 6.45) is 1.32. The number of amides is 2. The minimum atomic E-state index is -1.78. The number of likely N-dealkylation sites (tertiary alicyclic amines) is 1. The molecule has 2 unspecified atom stereocenters. The number of rotatable bonds is 12. The van der Waals surface area contributed by atoms with Crippen LogP contribution in [0.1, 0.15) is 49.1 Å². The monoisotopic (exact) mass is 504 g/mol. The zero-order valence-electron chi connectivity index (χ0n) is 20.1. The van der Waals surface area contributed by atoms with E-state index >= 15 is 4.39 Å². The van der Waals surface area contributed by atoms with Crippen molar-refractivity contribution in [3.8, 4) is 5.75 Å². The van der Waals surface area contributed by atoms with Crippen LogP contribution in [0.4, 0.5) is 4.39 Å². The zero-order chi connectivity index (χ0) is 25.4. The summed E-state index contributed by atoms with van der Waals surface area (Å²) < 4.78 is 26.0. The highest BCUT2D eigenvalue weighted by Gasteiger charge is 2.49. The summed E-state index contributed by atoms with van der Waals surface area (Å²) in [5.74, 6) is 0.0523. The van der Waals surface area contributed by atoms with Gasteiger partial charge < -0.3 is 25.4 Å². The molecule has 0 spiro atoms. The molecule has 0 saturated carbocycles. The maximum atomic E-state index is 15.4. The van der Waals surface area contributed by atoms with E-state index in [1.165, 1.54) is 23.3 Å². The lowest BCUT2D eigenvalue weighted by molar-refractivity contribution is -0.139. The van der Waals surface area contributed by atoms with Gasteiger partial charge in [-0.15, -0.1) is 11.3 Å². The Morgan fingerprint density at radius 1 is 1.34 bits per heavy atom. The quantitative estimate of drug-likeness (QED) is 0.233. The molecule has 0 bridgehead atoms. The van der Waals surface area contributed by atoms with E-state index in [0.717, 1.165) is 10.6 Å². The first-order chi connectivity index (χ1) is 16.7. The summed E-state index contributed by atoms with van der Waals surface area (Å²) >= 11 is 1.38. The number of hydrogen-bond donors (Lipinski definition) is 3. The van der Waals surface area contributed by atoms with Crippen LogP contribution in [0.2, 0.25) is 0 Å². The highest BCUT2D eigenvalue weighted by Crippen LogP contribution is 2.33. The smallest absolute Gasteiger partial charge is 0.243 e. The second-order valence-corrected chi connectivity index (χ2v) is 9.77. The molecule has 10 heteroatoms. The van der Waals surface area contributed by atoms with Crippen LogP contribution in [0, 0.1) is 5.41 Å². The minimum absolute atomic E-state index is 0.0467. The molecule has 0 aliphatic carbocycles. The molecule has 35 heavy (non-hydrogen) atoms. The molecular weight excluding hydrogens is 471 g/mol. The number of carbonyl (C=O) groups is 2. The molecule has 0 radical (unpaired) electrons. The summed E-state index contributed by atoms with van der Waals surface area (Å²) in [5.41, 5.74) is 4.33. The summed E-state index contributed by atoms with van der Waals surface area (Å²) in [6.45, 7) is 1.91. The van der Waals surface area contributed by atoms with Gasteiger partial charge in [0.05, 0.1) is 25.8 Å². The van der Waals surface area contributed by atoms with Gasteiger partial charge in [0.15, 0.2) is 5.67 Å². The Labute approximate surface area is 209 Å². The number of unbranched alkanes of at least 4 members (excludes halogenated alkanes) is 1. The topological polar surface area (TPSA) is 118 Å². The van der Waals surface area contributed by atoms with Gasteiger partial charge in [-0.1, -0.05) is 18.2 Å². The molecule has 1 aromatic heterocycles. The SMILES string of the molecule is COCC1(F)CC(C(=O)N[C@H](C)c2cc(C(=N)N)cs2)N(C(=O)CCCCOc2ccccc2)C1. The van der Waals surface area contributed by atoms with E-state index in [1.54, 1.807) is 18.4 Å². The molecule has 1 aromatic carbocycles. The lowest BCUT2D eigenvalue weighted by atomic mass is 10.0. The highest BCUT2D eigenvalue weighted by atomic mass is 32.1. The van der Waals surface area contributed by atoms with Gasteiger partial charge in [0.2, 0.25) is 11.8 Å². The Morgan fingerprint density at radius 2 is 2.09 bits per heavy atom. The fraction of sp³-hybridized carbons (Fsp3) is 0.480. The Bertz CT molecular complexity index is 1020. The maximum absolute atomic E-state index is 15.4. The molecule has 4 N–H and O–H groups in total. The molecule has 8 nitrogen and oxygen atoms in total. The molecule has 3 atom stereocenters. The second kappa shape index (κ2) is 12.1. The number of ether oxygens (including phenoxy) is 2. The summed E-state index contributed by atoms with van der Waals surface area (Å²) in [7, 11) is 1.40. The Morgan fingerprint density at radius 3 is 2.74 bits per heavy atom. The number of amidine groups is 1. The van der Waals surface area contributed by atoms with E-state index < -0.39 is 17.6 Å². The van der Waals surface area contributed by atoms with Crippen molar-refractivity contribution in [2.24, 2.45) is 5.73 Å². The molecule has 2 aromatic rings. The van der Waals surface area contributed by atoms with E-state index in [0.29, 0.717) is 25.0 Å². The second-order valence-electron chi connectivity index (χ2n) is 8.83. The van der Waals surface area contributed by atoms with E-state index in [-0.39, 0.29) is 43.8 Å². The molecule has 1 fully saturated rings. The third kappa shape index (κ3) is 7.25. The fourth-order valence-corrected chi connectivity index (χ4v) is 5.04. The van der Waals surface area contributed by atoms with Crippen molar-refractivity contribution in [3.63, 3.8) is 0 Å². The standard InChI is InChI=1S/C25H33FN4O4S/c1-17(21-12-18(14-35-21)23(27)28)29-24(32)20-13-25(26,16-33-2)15-30(20)22(31)10-6-7-11-34-19-8-4-3-5-9-19/h3-5,8-9,12,14,17,20H,6-7,10-11,13,15-16H2,1-2H3,(H3,27,28)(H,29,32)/t17-,20?,25?/m1/s1. The predicted octanol–water partition coefficient (Wildman–Crippen LogP) is 3.41. The van der Waals surface area contributed by atoms with Crippen LogP contribution < -0.4 is 15.8 Å². The number of nitrogens with two attached hydrogens (primary N) is 1. The van der Waals surface area contributed by atoms with E-state index in [2.05, 4.69) is 5.32 Å². The van der Waals surface area contributed by atoms with Crippen LogP contribution in [0.25, 0.3) is 0 Å². The largest absolute Gasteiger partial charge is 0.494 e. The molecule has 2 amide bonds. The molecule has 3 rings (SSSR count). The molecule has 190 valence electrons. The number of nitrogens with zero attached hydrogens (tertiary/aromatic N) is 1. The van der Waals surface area contributed by atoms with Gasteiger partial charge in [-0.3, -0.25) is 15.0 Å². The molecular formula is C25H33FN4O4S. The average Bonchev–Trinajstić information content (AvgIpc) is 3.45. The van der Waals surface area contributed by atoms with Crippen molar-refractivity contribution in [3.05, 3.63) is 52.2 Å². The first-order valence-corrected chi connectivity index (χ1v) is 12.5. The van der Waals surface area contributed by atoms with Gasteiger partial charge in [0, 0.05) is 35.8 Å². The number of nitrogen functional groups attached to an aromatic ring is 1. The number of hydrogen-bond acceptors (Lipinski definition) is 6. The van der Waals surface area contributed by atoms with Crippen LogP contribution in [0.5, 0.6) is 5.75 Å². The number of alkyl halides is 1. The number of nitrogens with one attached hydrogen (secondary N) is 2. The molecule has 1 saturated heterocycles. The van der Waals surface area contributed by atoms with Gasteiger partial charge in [-0.25, -0.2) is 4.39 Å². The Balaban J connectivity index is 1.57. The van der Waals surface area contributed by atoms with Gasteiger partial charge in [-0.2, -0.15) is 0 Å². The fourth-order valence-electron chi connectivity index (χ4n) is 4.13. The van der Waals surface area contributed by atoms with E-state index in [9.17, 15) is 9.59 Å². The van der Waals surface area contributed by atoms with Crippen molar-refractivity contribution in [2.45, 2.75) is 50.4 Å². The summed E-state index contributed by atoms with van der Waals surface area (Å²) in [6, 6.07) is 9.89. The summed E-state index contributed by atoms with van der Waals surface area (Å²) in [5, 5.41) is 12.2. The van der Waals surface area contributed by atoms with Crippen LogP contribution >= 0.6 is 11.3 Å². The minimum Gasteiger partial charge on any atom is -0.494 e. The van der Waals surface area contributed by atoms with Crippen LogP contribution in [0.15, 0.2) is 41.8 Å². The van der Waals surface area contributed by atoms with Crippen molar-refractivity contribution >= 4 is 29.0 Å². The lowest BCUT2D eigenvalue weighted by Crippen LogP contribution is -2.46. The summed E-state index contributed by atoms with van der Waals surface area (Å²) in [4.78, 5) is 28.3. The maximum Gasteiger partial charge on any atom is 0.243 e. The third-order valence-electron chi connectivity index (χ3n) is 5.93. The zero-order valence-corrected chi connectivity index (χ0v) is 20.9. The van der Waals surface area contributed by atoms with Crippen molar-refractivity contribution in [1.29, 1.82) is 5.41 Å². The van der Waals surface area contributed by atoms with Gasteiger partial charge in [0.1, 0.15) is 17.6 Å². The van der Waals surface area contributed by atoms with E-state index in [4.69, 9.17) is 20.6 Å². The van der Waals surface area contributed by atoms with E-state index in [1.807, 2.05) is 30.3 Å². The van der Waals surface area contributed by atoms with Crippen molar-refractivity contribution in [1.82, 2.24) is 10.2 Å². The lowest BCUT2D eigenvalue weighted by Gasteiger charge is -2.25. The highest BCUT2D eigenvalue weighted by molar-refractivity contribution is 7.10. The first-order valence-electron chi connectivity index (χ1n) is 11.6. The third-order valence-corrected chi connectivity index (χ3v) is 7.04. The number of para-hydroxylation sites is 1. The van der Waals surface area contributed by atoms with Gasteiger partial charge in [0.25, 0.3) is 0 Å².